The highest BCUT2D eigenvalue weighted by Crippen LogP contribution is 2.32. The molecule has 0 aliphatic carbocycles. The molecular formula is C25H28ClN3O5. The fourth-order valence-corrected chi connectivity index (χ4v) is 4.52. The number of carbonyl (C=O) groups excluding carboxylic acids is 3. The van der Waals surface area contributed by atoms with E-state index < -0.39 is 0 Å². The van der Waals surface area contributed by atoms with Crippen molar-refractivity contribution in [1.29, 1.82) is 0 Å². The number of fused-ring (bicyclic) bond motifs is 2. The number of ether oxygens (including phenoxy) is 2. The molecule has 0 bridgehead atoms. The standard InChI is InChI=1S/C25H28ClN3O5/c1-15(30)28-18-7-10-22-20(11-18)25(32)29(2)21-9-8-19(34-23(21)14-33-22)12-24(31)27-13-16-3-5-17(26)6-4-16/h3-7,10-11,19,21,23H,8-9,12-14H2,1-2H3,(H,27,31)(H,28,30)/t19-,21-,23-/m0/s1. The highest BCUT2D eigenvalue weighted by molar-refractivity contribution is 6.30. The number of nitrogens with one attached hydrogen (secondary N) is 2. The molecule has 4 rings (SSSR count). The normalized spacial score (nSPS) is 21.9. The van der Waals surface area contributed by atoms with E-state index in [9.17, 15) is 14.4 Å². The van der Waals surface area contributed by atoms with Crippen molar-refractivity contribution >= 4 is 35.0 Å². The molecule has 180 valence electrons. The van der Waals surface area contributed by atoms with Crippen molar-refractivity contribution in [2.24, 2.45) is 0 Å². The van der Waals surface area contributed by atoms with E-state index in [-0.39, 0.29) is 49.0 Å². The maximum Gasteiger partial charge on any atom is 0.257 e. The smallest absolute Gasteiger partial charge is 0.257 e. The summed E-state index contributed by atoms with van der Waals surface area (Å²) < 4.78 is 12.2. The summed E-state index contributed by atoms with van der Waals surface area (Å²) in [6, 6.07) is 12.2. The number of nitrogens with zero attached hydrogens (tertiary/aromatic N) is 1. The van der Waals surface area contributed by atoms with E-state index in [0.717, 1.165) is 5.56 Å². The van der Waals surface area contributed by atoms with Gasteiger partial charge in [0.15, 0.2) is 0 Å². The zero-order chi connectivity index (χ0) is 24.2. The molecule has 1 saturated heterocycles. The Balaban J connectivity index is 1.38. The van der Waals surface area contributed by atoms with Gasteiger partial charge in [-0.3, -0.25) is 14.4 Å². The van der Waals surface area contributed by atoms with Gasteiger partial charge >= 0.3 is 0 Å². The first-order valence-corrected chi connectivity index (χ1v) is 11.7. The van der Waals surface area contributed by atoms with Crippen molar-refractivity contribution < 1.29 is 23.9 Å². The quantitative estimate of drug-likeness (QED) is 0.676. The Hall–Kier alpha value is -3.10. The predicted octanol–water partition coefficient (Wildman–Crippen LogP) is 3.39. The van der Waals surface area contributed by atoms with Crippen molar-refractivity contribution in [3.8, 4) is 5.75 Å². The van der Waals surface area contributed by atoms with Crippen LogP contribution in [0, 0.1) is 0 Å². The van der Waals surface area contributed by atoms with Crippen LogP contribution < -0.4 is 15.4 Å². The molecule has 2 aliphatic heterocycles. The Morgan fingerprint density at radius 1 is 1.15 bits per heavy atom. The Labute approximate surface area is 203 Å². The SMILES string of the molecule is CC(=O)Nc1ccc2c(c1)C(=O)N(C)[C@H]1CC[C@@H](CC(=O)NCc3ccc(Cl)cc3)O[C@H]1CO2. The monoisotopic (exact) mass is 485 g/mol. The van der Waals surface area contributed by atoms with Crippen molar-refractivity contribution in [3.63, 3.8) is 0 Å². The molecule has 34 heavy (non-hydrogen) atoms. The molecule has 0 aromatic heterocycles. The van der Waals surface area contributed by atoms with Gasteiger partial charge in [0.1, 0.15) is 18.5 Å². The lowest BCUT2D eigenvalue weighted by atomic mass is 9.94. The molecular weight excluding hydrogens is 458 g/mol. The van der Waals surface area contributed by atoms with Crippen LogP contribution in [-0.4, -0.2) is 54.5 Å². The first-order chi connectivity index (χ1) is 16.3. The molecule has 1 fully saturated rings. The third-order valence-corrected chi connectivity index (χ3v) is 6.40. The minimum Gasteiger partial charge on any atom is -0.490 e. The molecule has 2 N–H and O–H groups in total. The lowest BCUT2D eigenvalue weighted by Crippen LogP contribution is -2.53. The third-order valence-electron chi connectivity index (χ3n) is 6.15. The molecule has 0 unspecified atom stereocenters. The van der Waals surface area contributed by atoms with Crippen molar-refractivity contribution in [3.05, 3.63) is 58.6 Å². The Morgan fingerprint density at radius 3 is 2.65 bits per heavy atom. The average molecular weight is 486 g/mol. The Bertz CT molecular complexity index is 1070. The lowest BCUT2D eigenvalue weighted by Gasteiger charge is -2.42. The molecule has 8 nitrogen and oxygen atoms in total. The summed E-state index contributed by atoms with van der Waals surface area (Å²) in [4.78, 5) is 38.7. The molecule has 2 aromatic rings. The number of hydrogen-bond acceptors (Lipinski definition) is 5. The van der Waals surface area contributed by atoms with Gasteiger partial charge in [0, 0.05) is 31.2 Å². The van der Waals surface area contributed by atoms with Crippen molar-refractivity contribution in [2.75, 3.05) is 19.0 Å². The van der Waals surface area contributed by atoms with E-state index in [0.29, 0.717) is 41.4 Å². The van der Waals surface area contributed by atoms with E-state index >= 15 is 0 Å². The minimum absolute atomic E-state index is 0.0922. The highest BCUT2D eigenvalue weighted by atomic mass is 35.5. The van der Waals surface area contributed by atoms with Crippen LogP contribution in [0.1, 0.15) is 42.1 Å². The first kappa shape index (κ1) is 24.0. The van der Waals surface area contributed by atoms with Gasteiger partial charge in [-0.2, -0.15) is 0 Å². The lowest BCUT2D eigenvalue weighted by molar-refractivity contribution is -0.134. The van der Waals surface area contributed by atoms with E-state index in [4.69, 9.17) is 21.1 Å². The molecule has 9 heteroatoms. The summed E-state index contributed by atoms with van der Waals surface area (Å²) in [6.45, 7) is 2.10. The summed E-state index contributed by atoms with van der Waals surface area (Å²) in [5, 5.41) is 6.27. The third kappa shape index (κ3) is 5.69. The van der Waals surface area contributed by atoms with E-state index in [1.54, 1.807) is 42.3 Å². The van der Waals surface area contributed by atoms with Crippen molar-refractivity contribution in [1.82, 2.24) is 10.2 Å². The maximum absolute atomic E-state index is 13.2. The fourth-order valence-electron chi connectivity index (χ4n) is 4.39. The molecule has 2 aliphatic rings. The van der Waals surface area contributed by atoms with Gasteiger partial charge in [0.25, 0.3) is 5.91 Å². The zero-order valence-electron chi connectivity index (χ0n) is 19.2. The van der Waals surface area contributed by atoms with Crippen molar-refractivity contribution in [2.45, 2.75) is 51.0 Å². The molecule has 2 aromatic carbocycles. The van der Waals surface area contributed by atoms with E-state index in [2.05, 4.69) is 10.6 Å². The predicted molar refractivity (Wildman–Crippen MR) is 128 cm³/mol. The average Bonchev–Trinajstić information content (AvgIpc) is 2.81. The second kappa shape index (κ2) is 10.4. The minimum atomic E-state index is -0.347. The topological polar surface area (TPSA) is 97.0 Å². The Kier molecular flexibility index (Phi) is 7.38. The molecule has 0 radical (unpaired) electrons. The van der Waals surface area contributed by atoms with Gasteiger partial charge in [-0.15, -0.1) is 0 Å². The van der Waals surface area contributed by atoms with Crippen LogP contribution >= 0.6 is 11.6 Å². The fraction of sp³-hybridized carbons (Fsp3) is 0.400. The van der Waals surface area contributed by atoms with Crippen LogP contribution in [0.3, 0.4) is 0 Å². The molecule has 3 atom stereocenters. The zero-order valence-corrected chi connectivity index (χ0v) is 19.9. The number of amides is 3. The number of likely N-dealkylation sites (N-methyl/N-ethyl adjacent to an activating group) is 1. The summed E-state index contributed by atoms with van der Waals surface area (Å²) >= 11 is 5.90. The summed E-state index contributed by atoms with van der Waals surface area (Å²) in [5.74, 6) is -0.0579. The summed E-state index contributed by atoms with van der Waals surface area (Å²) in [5.41, 5.74) is 1.91. The van der Waals surface area contributed by atoms with Gasteiger partial charge in [-0.1, -0.05) is 23.7 Å². The highest BCUT2D eigenvalue weighted by Gasteiger charge is 2.39. The molecule has 0 saturated carbocycles. The number of rotatable bonds is 5. The van der Waals surface area contributed by atoms with E-state index in [1.807, 2.05) is 12.1 Å². The summed E-state index contributed by atoms with van der Waals surface area (Å²) in [6.07, 6.45) is 1.00. The second-order valence-electron chi connectivity index (χ2n) is 8.67. The number of anilines is 1. The number of halogens is 1. The number of benzene rings is 2. The number of carbonyl (C=O) groups is 3. The second-order valence-corrected chi connectivity index (χ2v) is 9.10. The van der Waals surface area contributed by atoms with Gasteiger partial charge in [0.05, 0.1) is 24.1 Å². The van der Waals surface area contributed by atoms with Gasteiger partial charge in [0.2, 0.25) is 11.8 Å². The van der Waals surface area contributed by atoms with Crippen LogP contribution in [0.2, 0.25) is 5.02 Å². The molecule has 0 spiro atoms. The maximum atomic E-state index is 13.2. The van der Waals surface area contributed by atoms with Crippen LogP contribution in [-0.2, 0) is 20.9 Å². The largest absolute Gasteiger partial charge is 0.490 e. The van der Waals surface area contributed by atoms with Crippen LogP contribution in [0.25, 0.3) is 0 Å². The number of hydrogen-bond donors (Lipinski definition) is 2. The van der Waals surface area contributed by atoms with E-state index in [1.165, 1.54) is 6.92 Å². The Morgan fingerprint density at radius 2 is 1.91 bits per heavy atom. The van der Waals surface area contributed by atoms with Crippen LogP contribution in [0.5, 0.6) is 5.75 Å². The first-order valence-electron chi connectivity index (χ1n) is 11.3. The molecule has 2 heterocycles. The van der Waals surface area contributed by atoms with Gasteiger partial charge in [-0.05, 0) is 48.7 Å². The molecule has 3 amide bonds. The van der Waals surface area contributed by atoms with Crippen LogP contribution in [0.15, 0.2) is 42.5 Å². The summed E-state index contributed by atoms with van der Waals surface area (Å²) in [7, 11) is 1.75. The van der Waals surface area contributed by atoms with Gasteiger partial charge < -0.3 is 25.0 Å². The van der Waals surface area contributed by atoms with Crippen LogP contribution in [0.4, 0.5) is 5.69 Å². The van der Waals surface area contributed by atoms with Gasteiger partial charge in [-0.25, -0.2) is 0 Å².